The van der Waals surface area contributed by atoms with E-state index in [-0.39, 0.29) is 0 Å². The first-order valence-corrected chi connectivity index (χ1v) is 5.22. The van der Waals surface area contributed by atoms with Gasteiger partial charge in [0.05, 0.1) is 0 Å². The number of hydrogen-bond donors (Lipinski definition) is 1. The maximum absolute atomic E-state index is 5.72. The van der Waals surface area contributed by atoms with Crippen molar-refractivity contribution in [3.8, 4) is 0 Å². The number of anilines is 1. The highest BCUT2D eigenvalue weighted by Gasteiger charge is 2.24. The maximum Gasteiger partial charge on any atom is 0.0401 e. The third kappa shape index (κ3) is 1.46. The van der Waals surface area contributed by atoms with Gasteiger partial charge in [0.25, 0.3) is 0 Å². The predicted molar refractivity (Wildman–Crippen MR) is 59.2 cm³/mol. The molecule has 13 heavy (non-hydrogen) atoms. The summed E-state index contributed by atoms with van der Waals surface area (Å²) < 4.78 is 1.14. The molecule has 1 atom stereocenters. The zero-order chi connectivity index (χ0) is 9.42. The van der Waals surface area contributed by atoms with E-state index in [9.17, 15) is 0 Å². The van der Waals surface area contributed by atoms with Crippen molar-refractivity contribution in [1.82, 2.24) is 0 Å². The lowest BCUT2D eigenvalue weighted by Gasteiger charge is -2.11. The van der Waals surface area contributed by atoms with Crippen LogP contribution in [0.5, 0.6) is 0 Å². The Bertz CT molecular complexity index is 325. The molecule has 0 radical (unpaired) electrons. The van der Waals surface area contributed by atoms with Gasteiger partial charge in [-0.05, 0) is 23.8 Å². The molecule has 2 nitrogen and oxygen atoms in total. The summed E-state index contributed by atoms with van der Waals surface area (Å²) in [6, 6.07) is 6.40. The average molecular weight is 241 g/mol. The highest BCUT2D eigenvalue weighted by atomic mass is 79.9. The number of fused-ring (bicyclic) bond motifs is 1. The van der Waals surface area contributed by atoms with Crippen LogP contribution in [0.1, 0.15) is 11.5 Å². The van der Waals surface area contributed by atoms with Crippen LogP contribution in [0.2, 0.25) is 0 Å². The van der Waals surface area contributed by atoms with Gasteiger partial charge in [-0.25, -0.2) is 0 Å². The van der Waals surface area contributed by atoms with Crippen molar-refractivity contribution in [3.63, 3.8) is 0 Å². The number of nitrogens with zero attached hydrogens (tertiary/aromatic N) is 1. The van der Waals surface area contributed by atoms with Gasteiger partial charge in [-0.15, -0.1) is 0 Å². The summed E-state index contributed by atoms with van der Waals surface area (Å²) in [5.74, 6) is 0.498. The Morgan fingerprint density at radius 2 is 2.38 bits per heavy atom. The Morgan fingerprint density at radius 3 is 3.08 bits per heavy atom. The highest BCUT2D eigenvalue weighted by Crippen LogP contribution is 2.36. The Hall–Kier alpha value is -0.540. The van der Waals surface area contributed by atoms with Crippen LogP contribution in [0.4, 0.5) is 5.69 Å². The van der Waals surface area contributed by atoms with E-state index in [0.29, 0.717) is 5.92 Å². The first-order chi connectivity index (χ1) is 6.22. The summed E-state index contributed by atoms with van der Waals surface area (Å²) in [5.41, 5.74) is 8.41. The van der Waals surface area contributed by atoms with Gasteiger partial charge in [-0.2, -0.15) is 0 Å². The third-order valence-electron chi connectivity index (χ3n) is 2.62. The molecule has 0 fully saturated rings. The monoisotopic (exact) mass is 240 g/mol. The molecular formula is C10H13BrN2. The van der Waals surface area contributed by atoms with Crippen molar-refractivity contribution in [2.45, 2.75) is 5.92 Å². The number of likely N-dealkylation sites (N-methyl/N-ethyl adjacent to an activating group) is 1. The first-order valence-electron chi connectivity index (χ1n) is 4.43. The second-order valence-corrected chi connectivity index (χ2v) is 4.43. The molecule has 0 amide bonds. The van der Waals surface area contributed by atoms with Crippen LogP contribution in [-0.2, 0) is 0 Å². The summed E-state index contributed by atoms with van der Waals surface area (Å²) in [4.78, 5) is 2.26. The molecule has 0 bridgehead atoms. The summed E-state index contributed by atoms with van der Waals surface area (Å²) >= 11 is 3.48. The lowest BCUT2D eigenvalue weighted by Crippen LogP contribution is -2.20. The van der Waals surface area contributed by atoms with Gasteiger partial charge < -0.3 is 10.6 Å². The lowest BCUT2D eigenvalue weighted by atomic mass is 10.0. The quantitative estimate of drug-likeness (QED) is 0.814. The van der Waals surface area contributed by atoms with E-state index in [4.69, 9.17) is 5.73 Å². The Labute approximate surface area is 86.9 Å². The Balaban J connectivity index is 2.46. The minimum absolute atomic E-state index is 0.498. The number of nitrogens with two attached hydrogens (primary N) is 1. The molecule has 0 saturated heterocycles. The fourth-order valence-corrected chi connectivity index (χ4v) is 2.31. The summed E-state index contributed by atoms with van der Waals surface area (Å²) in [6.07, 6.45) is 0. The van der Waals surface area contributed by atoms with E-state index in [2.05, 4.69) is 46.1 Å². The van der Waals surface area contributed by atoms with Crippen LogP contribution >= 0.6 is 15.9 Å². The van der Waals surface area contributed by atoms with Crippen molar-refractivity contribution in [2.24, 2.45) is 5.73 Å². The van der Waals surface area contributed by atoms with Gasteiger partial charge in [-0.1, -0.05) is 15.9 Å². The van der Waals surface area contributed by atoms with E-state index in [1.807, 2.05) is 0 Å². The molecular weight excluding hydrogens is 228 g/mol. The largest absolute Gasteiger partial charge is 0.374 e. The minimum Gasteiger partial charge on any atom is -0.374 e. The van der Waals surface area contributed by atoms with Crippen molar-refractivity contribution >= 4 is 21.6 Å². The normalized spacial score (nSPS) is 20.5. The predicted octanol–water partition coefficient (Wildman–Crippen LogP) is 1.94. The van der Waals surface area contributed by atoms with Crippen molar-refractivity contribution in [3.05, 3.63) is 28.2 Å². The second-order valence-electron chi connectivity index (χ2n) is 3.52. The molecule has 0 aromatic heterocycles. The van der Waals surface area contributed by atoms with Gasteiger partial charge in [0.1, 0.15) is 0 Å². The molecule has 2 N–H and O–H groups in total. The Morgan fingerprint density at radius 1 is 1.62 bits per heavy atom. The molecule has 0 spiro atoms. The lowest BCUT2D eigenvalue weighted by molar-refractivity contribution is 0.730. The molecule has 70 valence electrons. The van der Waals surface area contributed by atoms with E-state index in [1.165, 1.54) is 11.3 Å². The first kappa shape index (κ1) is 9.03. The second kappa shape index (κ2) is 3.31. The van der Waals surface area contributed by atoms with E-state index < -0.39 is 0 Å². The molecule has 1 unspecified atom stereocenters. The zero-order valence-corrected chi connectivity index (χ0v) is 9.21. The number of hydrogen-bond acceptors (Lipinski definition) is 2. The molecule has 1 heterocycles. The van der Waals surface area contributed by atoms with Gasteiger partial charge >= 0.3 is 0 Å². The molecule has 0 saturated carbocycles. The van der Waals surface area contributed by atoms with Crippen LogP contribution in [0.15, 0.2) is 22.7 Å². The zero-order valence-electron chi connectivity index (χ0n) is 7.63. The van der Waals surface area contributed by atoms with Crippen molar-refractivity contribution < 1.29 is 0 Å². The number of halogens is 1. The van der Waals surface area contributed by atoms with Crippen LogP contribution in [-0.4, -0.2) is 20.1 Å². The fraction of sp³-hybridized carbons (Fsp3) is 0.400. The fourth-order valence-electron chi connectivity index (χ4n) is 1.93. The van der Waals surface area contributed by atoms with Crippen LogP contribution in [0, 0.1) is 0 Å². The van der Waals surface area contributed by atoms with Gasteiger partial charge in [-0.3, -0.25) is 0 Å². The van der Waals surface area contributed by atoms with Crippen LogP contribution in [0.25, 0.3) is 0 Å². The van der Waals surface area contributed by atoms with Gasteiger partial charge in [0, 0.05) is 36.2 Å². The van der Waals surface area contributed by atoms with Crippen LogP contribution < -0.4 is 10.6 Å². The summed E-state index contributed by atoms with van der Waals surface area (Å²) in [5, 5.41) is 0. The highest BCUT2D eigenvalue weighted by molar-refractivity contribution is 9.10. The molecule has 1 aromatic carbocycles. The maximum atomic E-state index is 5.72. The third-order valence-corrected chi connectivity index (χ3v) is 3.11. The number of rotatable bonds is 1. The van der Waals surface area contributed by atoms with E-state index >= 15 is 0 Å². The topological polar surface area (TPSA) is 29.3 Å². The molecule has 0 aliphatic carbocycles. The summed E-state index contributed by atoms with van der Waals surface area (Å²) in [7, 11) is 2.11. The molecule has 1 aromatic rings. The van der Waals surface area contributed by atoms with Gasteiger partial charge in [0.2, 0.25) is 0 Å². The van der Waals surface area contributed by atoms with Crippen LogP contribution in [0.3, 0.4) is 0 Å². The minimum atomic E-state index is 0.498. The smallest absolute Gasteiger partial charge is 0.0401 e. The van der Waals surface area contributed by atoms with E-state index in [0.717, 1.165) is 17.6 Å². The molecule has 2 rings (SSSR count). The SMILES string of the molecule is CN1CC(CN)c2cc(Br)ccc21. The molecule has 3 heteroatoms. The van der Waals surface area contributed by atoms with Crippen molar-refractivity contribution in [2.75, 3.05) is 25.0 Å². The standard InChI is InChI=1S/C10H13BrN2/c1-13-6-7(5-12)9-4-8(11)2-3-10(9)13/h2-4,7H,5-6,12H2,1H3. The summed E-state index contributed by atoms with van der Waals surface area (Å²) in [6.45, 7) is 1.77. The van der Waals surface area contributed by atoms with Crippen molar-refractivity contribution in [1.29, 1.82) is 0 Å². The molecule has 1 aliphatic heterocycles. The number of benzene rings is 1. The molecule has 1 aliphatic rings. The Kier molecular flexibility index (Phi) is 2.30. The van der Waals surface area contributed by atoms with Gasteiger partial charge in [0.15, 0.2) is 0 Å². The van der Waals surface area contributed by atoms with E-state index in [1.54, 1.807) is 0 Å². The average Bonchev–Trinajstić information content (AvgIpc) is 2.42.